The summed E-state index contributed by atoms with van der Waals surface area (Å²) in [5, 5.41) is 32.8. The van der Waals surface area contributed by atoms with Crippen molar-refractivity contribution in [3.8, 4) is 5.75 Å². The van der Waals surface area contributed by atoms with Crippen molar-refractivity contribution in [1.29, 1.82) is 0 Å². The molecular weight excluding hydrogens is 452 g/mol. The summed E-state index contributed by atoms with van der Waals surface area (Å²) in [4.78, 5) is 22.4. The molecule has 34 heavy (non-hydrogen) atoms. The molecule has 3 atom stereocenters. The zero-order valence-electron chi connectivity index (χ0n) is 19.5. The van der Waals surface area contributed by atoms with Crippen LogP contribution < -0.4 is 11.1 Å². The van der Waals surface area contributed by atoms with Gasteiger partial charge in [-0.15, -0.1) is 11.8 Å². The summed E-state index contributed by atoms with van der Waals surface area (Å²) in [6, 6.07) is 12.1. The Morgan fingerprint density at radius 1 is 1.15 bits per heavy atom. The minimum Gasteiger partial charge on any atom is -0.508 e. The van der Waals surface area contributed by atoms with Crippen LogP contribution in [0.4, 0.5) is 0 Å². The van der Waals surface area contributed by atoms with Crippen molar-refractivity contribution in [2.45, 2.75) is 62.1 Å². The van der Waals surface area contributed by atoms with Crippen LogP contribution in [0.15, 0.2) is 36.4 Å². The highest BCUT2D eigenvalue weighted by molar-refractivity contribution is 8.00. The van der Waals surface area contributed by atoms with Gasteiger partial charge in [0.25, 0.3) is 0 Å². The van der Waals surface area contributed by atoms with E-state index in [-0.39, 0.29) is 35.3 Å². The minimum atomic E-state index is -0.552. The van der Waals surface area contributed by atoms with Gasteiger partial charge in [-0.25, -0.2) is 0 Å². The van der Waals surface area contributed by atoms with Gasteiger partial charge in [-0.1, -0.05) is 30.3 Å². The average Bonchev–Trinajstić information content (AvgIpc) is 2.80. The SMILES string of the molecule is Cc1cc(O)c(C2CC(O)CC(CO)S2)cc1Cc1ccc(CCCC(=O)NCC(N)=O)cc1. The second-order valence-electron chi connectivity index (χ2n) is 8.98. The molecule has 0 aliphatic carbocycles. The first-order valence-electron chi connectivity index (χ1n) is 11.6. The molecule has 0 radical (unpaired) electrons. The molecule has 3 unspecified atom stereocenters. The maximum atomic E-state index is 11.7. The van der Waals surface area contributed by atoms with Crippen LogP contribution in [0.25, 0.3) is 0 Å². The third kappa shape index (κ3) is 7.48. The van der Waals surface area contributed by atoms with Gasteiger partial charge >= 0.3 is 0 Å². The van der Waals surface area contributed by atoms with E-state index in [9.17, 15) is 24.9 Å². The molecule has 2 aromatic rings. The van der Waals surface area contributed by atoms with Gasteiger partial charge in [-0.2, -0.15) is 0 Å². The molecule has 0 aromatic heterocycles. The van der Waals surface area contributed by atoms with E-state index >= 15 is 0 Å². The molecule has 1 saturated heterocycles. The van der Waals surface area contributed by atoms with E-state index < -0.39 is 12.0 Å². The number of aliphatic hydroxyl groups excluding tert-OH is 2. The van der Waals surface area contributed by atoms with E-state index in [0.29, 0.717) is 25.7 Å². The number of hydrogen-bond acceptors (Lipinski definition) is 6. The molecule has 1 aliphatic heterocycles. The van der Waals surface area contributed by atoms with Crippen LogP contribution >= 0.6 is 11.8 Å². The summed E-state index contributed by atoms with van der Waals surface area (Å²) in [5.74, 6) is -0.493. The van der Waals surface area contributed by atoms with Gasteiger partial charge < -0.3 is 26.4 Å². The standard InChI is InChI=1S/C26H34N2O5S/c1-16-9-23(31)22(24-13-20(30)12-21(15-29)34-24)11-19(16)10-18-7-5-17(6-8-18)3-2-4-26(33)28-14-25(27)32/h5-9,11,20-21,24,29-31H,2-4,10,12-15H2,1H3,(H2,27,32)(H,28,33). The number of phenols is 1. The molecule has 1 fully saturated rings. The van der Waals surface area contributed by atoms with Crippen molar-refractivity contribution in [1.82, 2.24) is 5.32 Å². The van der Waals surface area contributed by atoms with E-state index in [4.69, 9.17) is 5.73 Å². The third-order valence-corrected chi connectivity index (χ3v) is 7.66. The van der Waals surface area contributed by atoms with Crippen molar-refractivity contribution in [2.24, 2.45) is 5.73 Å². The predicted octanol–water partition coefficient (Wildman–Crippen LogP) is 2.51. The Labute approximate surface area is 204 Å². The molecule has 0 bridgehead atoms. The Bertz CT molecular complexity index is 995. The Hall–Kier alpha value is -2.55. The lowest BCUT2D eigenvalue weighted by Gasteiger charge is -2.32. The number of phenolic OH excluding ortho intramolecular Hbond substituents is 1. The van der Waals surface area contributed by atoms with Crippen LogP contribution in [0.5, 0.6) is 5.75 Å². The lowest BCUT2D eigenvalue weighted by Crippen LogP contribution is -2.33. The van der Waals surface area contributed by atoms with E-state index in [2.05, 4.69) is 29.6 Å². The molecule has 2 aromatic carbocycles. The van der Waals surface area contributed by atoms with Crippen molar-refractivity contribution in [3.63, 3.8) is 0 Å². The fourth-order valence-corrected chi connectivity index (χ4v) is 5.84. The van der Waals surface area contributed by atoms with Crippen LogP contribution in [-0.2, 0) is 22.4 Å². The molecule has 2 amide bonds. The quantitative estimate of drug-likeness (QED) is 0.350. The molecule has 184 valence electrons. The van der Waals surface area contributed by atoms with E-state index in [1.807, 2.05) is 13.0 Å². The van der Waals surface area contributed by atoms with E-state index in [1.165, 1.54) is 0 Å². The summed E-state index contributed by atoms with van der Waals surface area (Å²) in [6.07, 6.45) is 3.17. The van der Waals surface area contributed by atoms with Crippen LogP contribution in [-0.4, -0.2) is 51.6 Å². The van der Waals surface area contributed by atoms with Gasteiger partial charge in [-0.05, 0) is 67.3 Å². The van der Waals surface area contributed by atoms with Crippen molar-refractivity contribution < 1.29 is 24.9 Å². The number of hydrogen-bond donors (Lipinski definition) is 5. The zero-order valence-corrected chi connectivity index (χ0v) is 20.3. The van der Waals surface area contributed by atoms with Crippen LogP contribution in [0.2, 0.25) is 0 Å². The Balaban J connectivity index is 1.61. The molecule has 1 heterocycles. The van der Waals surface area contributed by atoms with Crippen molar-refractivity contribution in [2.75, 3.05) is 13.2 Å². The number of aryl methyl sites for hydroxylation is 2. The lowest BCUT2D eigenvalue weighted by atomic mass is 9.93. The molecule has 7 nitrogen and oxygen atoms in total. The lowest BCUT2D eigenvalue weighted by molar-refractivity contribution is -0.124. The fraction of sp³-hybridized carbons (Fsp3) is 0.462. The first-order valence-corrected chi connectivity index (χ1v) is 12.6. The smallest absolute Gasteiger partial charge is 0.236 e. The van der Waals surface area contributed by atoms with Gasteiger partial charge in [0.05, 0.1) is 19.3 Å². The first kappa shape index (κ1) is 26.1. The minimum absolute atomic E-state index is 0.0160. The van der Waals surface area contributed by atoms with Crippen molar-refractivity contribution in [3.05, 3.63) is 64.2 Å². The molecule has 0 saturated carbocycles. The number of carbonyl (C=O) groups is 2. The summed E-state index contributed by atoms with van der Waals surface area (Å²) in [7, 11) is 0. The maximum absolute atomic E-state index is 11.7. The number of thioether (sulfide) groups is 1. The average molecular weight is 487 g/mol. The molecule has 0 spiro atoms. The molecule has 1 aliphatic rings. The maximum Gasteiger partial charge on any atom is 0.236 e. The fourth-order valence-electron chi connectivity index (χ4n) is 4.28. The normalized spacial score (nSPS) is 20.1. The topological polar surface area (TPSA) is 133 Å². The molecule has 6 N–H and O–H groups in total. The Morgan fingerprint density at radius 3 is 2.53 bits per heavy atom. The summed E-state index contributed by atoms with van der Waals surface area (Å²) < 4.78 is 0. The Morgan fingerprint density at radius 2 is 1.85 bits per heavy atom. The summed E-state index contributed by atoms with van der Waals surface area (Å²) >= 11 is 1.62. The predicted molar refractivity (Wildman–Crippen MR) is 134 cm³/mol. The van der Waals surface area contributed by atoms with E-state index in [0.717, 1.165) is 40.7 Å². The first-order chi connectivity index (χ1) is 16.2. The molecule has 3 rings (SSSR count). The van der Waals surface area contributed by atoms with Gasteiger partial charge in [0.15, 0.2) is 0 Å². The highest BCUT2D eigenvalue weighted by Crippen LogP contribution is 2.46. The number of aromatic hydroxyl groups is 1. The molecular formula is C26H34N2O5S. The highest BCUT2D eigenvalue weighted by Gasteiger charge is 2.30. The number of carbonyl (C=O) groups excluding carboxylic acids is 2. The van der Waals surface area contributed by atoms with Gasteiger partial charge in [0.2, 0.25) is 11.8 Å². The van der Waals surface area contributed by atoms with Crippen LogP contribution in [0.3, 0.4) is 0 Å². The second-order valence-corrected chi connectivity index (χ2v) is 10.5. The van der Waals surface area contributed by atoms with Crippen LogP contribution in [0.1, 0.15) is 58.8 Å². The number of nitrogens with two attached hydrogens (primary N) is 1. The number of aliphatic hydroxyl groups is 2. The second kappa shape index (κ2) is 12.2. The Kier molecular flexibility index (Phi) is 9.38. The number of nitrogens with one attached hydrogen (secondary N) is 1. The molecule has 8 heteroatoms. The monoisotopic (exact) mass is 486 g/mol. The van der Waals surface area contributed by atoms with Crippen molar-refractivity contribution >= 4 is 23.6 Å². The highest BCUT2D eigenvalue weighted by atomic mass is 32.2. The van der Waals surface area contributed by atoms with Gasteiger partial charge in [0, 0.05) is 22.5 Å². The van der Waals surface area contributed by atoms with Crippen LogP contribution in [0, 0.1) is 6.92 Å². The third-order valence-electron chi connectivity index (χ3n) is 6.16. The number of rotatable bonds is 10. The number of benzene rings is 2. The zero-order chi connectivity index (χ0) is 24.7. The number of amides is 2. The largest absolute Gasteiger partial charge is 0.508 e. The summed E-state index contributed by atoms with van der Waals surface area (Å²) in [6.45, 7) is 1.87. The number of primary amides is 1. The van der Waals surface area contributed by atoms with Gasteiger partial charge in [-0.3, -0.25) is 9.59 Å². The van der Waals surface area contributed by atoms with Gasteiger partial charge in [0.1, 0.15) is 5.75 Å². The van der Waals surface area contributed by atoms with E-state index in [1.54, 1.807) is 17.8 Å². The summed E-state index contributed by atoms with van der Waals surface area (Å²) in [5.41, 5.74) is 10.2.